The van der Waals surface area contributed by atoms with E-state index in [1.165, 1.54) is 49.0 Å². The van der Waals surface area contributed by atoms with E-state index < -0.39 is 0 Å². The van der Waals surface area contributed by atoms with Crippen LogP contribution in [0.5, 0.6) is 0 Å². The molecule has 0 spiro atoms. The Morgan fingerprint density at radius 1 is 1.05 bits per heavy atom. The number of hydrogen-bond donors (Lipinski definition) is 1. The number of amides is 1. The summed E-state index contributed by atoms with van der Waals surface area (Å²) in [5.41, 5.74) is 7.75. The van der Waals surface area contributed by atoms with Crippen LogP contribution in [0.2, 0.25) is 0 Å². The van der Waals surface area contributed by atoms with Crippen LogP contribution in [0.1, 0.15) is 71.3 Å². The van der Waals surface area contributed by atoms with E-state index in [9.17, 15) is 9.59 Å². The third-order valence-electron chi connectivity index (χ3n) is 8.03. The van der Waals surface area contributed by atoms with Crippen LogP contribution >= 0.6 is 0 Å². The molecule has 0 unspecified atom stereocenters. The molecule has 1 aliphatic heterocycles. The maximum absolute atomic E-state index is 13.0. The molecule has 2 aromatic carbocycles. The zero-order valence-corrected chi connectivity index (χ0v) is 22.4. The third-order valence-corrected chi connectivity index (χ3v) is 8.03. The molecule has 0 saturated carbocycles. The monoisotopic (exact) mass is 518 g/mol. The predicted molar refractivity (Wildman–Crippen MR) is 153 cm³/mol. The van der Waals surface area contributed by atoms with E-state index in [0.717, 1.165) is 24.1 Å². The molecule has 1 saturated heterocycles. The predicted octanol–water partition coefficient (Wildman–Crippen LogP) is 5.63. The summed E-state index contributed by atoms with van der Waals surface area (Å²) in [7, 11) is 0. The molecule has 198 valence electrons. The SMILES string of the molecule is C[C@H](c1ccccc1)n1cc(C(=O)NC2=CCC(=O)C(C3=Cc4cc(CN5CCCCC5)ccc4C3)=C2)cn1. The molecule has 2 aliphatic carbocycles. The lowest BCUT2D eigenvalue weighted by atomic mass is 9.93. The van der Waals surface area contributed by atoms with Crippen molar-refractivity contribution in [1.82, 2.24) is 20.0 Å². The number of ketones is 1. The highest BCUT2D eigenvalue weighted by molar-refractivity contribution is 6.04. The second-order valence-electron chi connectivity index (χ2n) is 10.8. The molecule has 1 aromatic heterocycles. The molecule has 3 aromatic rings. The maximum Gasteiger partial charge on any atom is 0.258 e. The average molecular weight is 519 g/mol. The fraction of sp³-hybridized carbons (Fsp3) is 0.303. The van der Waals surface area contributed by atoms with Crippen molar-refractivity contribution in [2.45, 2.75) is 51.6 Å². The zero-order chi connectivity index (χ0) is 26.8. The number of carbonyl (C=O) groups excluding carboxylic acids is 2. The van der Waals surface area contributed by atoms with Gasteiger partial charge in [-0.15, -0.1) is 0 Å². The van der Waals surface area contributed by atoms with Crippen LogP contribution in [0, 0.1) is 0 Å². The van der Waals surface area contributed by atoms with Gasteiger partial charge in [0, 0.05) is 30.4 Å². The summed E-state index contributed by atoms with van der Waals surface area (Å²) < 4.78 is 1.80. The number of nitrogens with zero attached hydrogens (tertiary/aromatic N) is 3. The molecule has 6 heteroatoms. The minimum absolute atomic E-state index is 0.0158. The molecule has 6 nitrogen and oxygen atoms in total. The number of allylic oxidation sites excluding steroid dienone is 4. The number of nitrogens with one attached hydrogen (secondary N) is 1. The molecule has 6 rings (SSSR count). The normalized spacial score (nSPS) is 18.2. The van der Waals surface area contributed by atoms with Gasteiger partial charge in [-0.25, -0.2) is 0 Å². The fourth-order valence-corrected chi connectivity index (χ4v) is 5.75. The summed E-state index contributed by atoms with van der Waals surface area (Å²) in [5.74, 6) is -0.145. The molecular weight excluding hydrogens is 484 g/mol. The molecular formula is C33H34N4O2. The van der Waals surface area contributed by atoms with Gasteiger partial charge >= 0.3 is 0 Å². The smallest absolute Gasteiger partial charge is 0.258 e. The van der Waals surface area contributed by atoms with Gasteiger partial charge in [-0.1, -0.05) is 67.1 Å². The number of hydrogen-bond acceptors (Lipinski definition) is 4. The Hall–Kier alpha value is -4.03. The van der Waals surface area contributed by atoms with Crippen LogP contribution < -0.4 is 5.32 Å². The summed E-state index contributed by atoms with van der Waals surface area (Å²) in [5, 5.41) is 7.40. The lowest BCUT2D eigenvalue weighted by Gasteiger charge is -2.26. The molecule has 1 N–H and O–H groups in total. The number of fused-ring (bicyclic) bond motifs is 1. The van der Waals surface area contributed by atoms with Crippen molar-refractivity contribution in [3.8, 4) is 0 Å². The Morgan fingerprint density at radius 2 is 1.87 bits per heavy atom. The summed E-state index contributed by atoms with van der Waals surface area (Å²) >= 11 is 0. The highest BCUT2D eigenvalue weighted by Gasteiger charge is 2.24. The summed E-state index contributed by atoms with van der Waals surface area (Å²) in [6.07, 6.45) is 14.0. The van der Waals surface area contributed by atoms with Gasteiger partial charge in [0.1, 0.15) is 0 Å². The van der Waals surface area contributed by atoms with Crippen LogP contribution in [-0.2, 0) is 17.8 Å². The Balaban J connectivity index is 1.14. The third kappa shape index (κ3) is 5.57. The Morgan fingerprint density at radius 3 is 2.69 bits per heavy atom. The van der Waals surface area contributed by atoms with Crippen LogP contribution in [0.25, 0.3) is 6.08 Å². The number of Topliss-reactive ketones (excluding diaryl/α,β-unsaturated/α-hetero) is 1. The van der Waals surface area contributed by atoms with Crippen LogP contribution in [-0.4, -0.2) is 39.5 Å². The topological polar surface area (TPSA) is 67.2 Å². The summed E-state index contributed by atoms with van der Waals surface area (Å²) in [6, 6.07) is 16.8. The summed E-state index contributed by atoms with van der Waals surface area (Å²) in [6.45, 7) is 5.39. The molecule has 3 aliphatic rings. The summed E-state index contributed by atoms with van der Waals surface area (Å²) in [4.78, 5) is 28.5. The quantitative estimate of drug-likeness (QED) is 0.440. The first kappa shape index (κ1) is 25.3. The minimum Gasteiger partial charge on any atom is -0.322 e. The lowest BCUT2D eigenvalue weighted by Crippen LogP contribution is -2.29. The molecule has 1 atom stereocenters. The van der Waals surface area contributed by atoms with E-state index in [2.05, 4.69) is 46.5 Å². The number of aromatic nitrogens is 2. The van der Waals surface area contributed by atoms with Gasteiger partial charge in [-0.2, -0.15) is 5.10 Å². The first-order valence-corrected chi connectivity index (χ1v) is 13.9. The Kier molecular flexibility index (Phi) is 7.12. The van der Waals surface area contributed by atoms with Crippen molar-refractivity contribution in [2.24, 2.45) is 0 Å². The van der Waals surface area contributed by atoms with E-state index in [-0.39, 0.29) is 24.2 Å². The van der Waals surface area contributed by atoms with Crippen molar-refractivity contribution in [2.75, 3.05) is 13.1 Å². The fourth-order valence-electron chi connectivity index (χ4n) is 5.75. The zero-order valence-electron chi connectivity index (χ0n) is 22.4. The van der Waals surface area contributed by atoms with Gasteiger partial charge in [0.15, 0.2) is 5.78 Å². The number of likely N-dealkylation sites (tertiary alicyclic amines) is 1. The molecule has 39 heavy (non-hydrogen) atoms. The van der Waals surface area contributed by atoms with Crippen molar-refractivity contribution in [1.29, 1.82) is 0 Å². The largest absolute Gasteiger partial charge is 0.322 e. The molecule has 0 radical (unpaired) electrons. The second kappa shape index (κ2) is 11.0. The van der Waals surface area contributed by atoms with Crippen molar-refractivity contribution in [3.63, 3.8) is 0 Å². The van der Waals surface area contributed by atoms with E-state index in [0.29, 0.717) is 16.8 Å². The first-order chi connectivity index (χ1) is 19.0. The lowest BCUT2D eigenvalue weighted by molar-refractivity contribution is -0.114. The van der Waals surface area contributed by atoms with Gasteiger partial charge < -0.3 is 5.32 Å². The molecule has 1 amide bonds. The van der Waals surface area contributed by atoms with Crippen LogP contribution in [0.15, 0.2) is 89.9 Å². The van der Waals surface area contributed by atoms with Gasteiger partial charge in [0.25, 0.3) is 5.91 Å². The standard InChI is InChI=1S/C33H34N4O2/c1-23(25-8-4-2-5-9-25)37-22-29(20-34-37)33(39)35-30-12-13-32(38)31(19-30)28-17-26-11-10-24(16-27(26)18-28)21-36-14-6-3-7-15-36/h2,4-5,8-12,16,18-20,22-23H,3,6-7,13-15,17,21H2,1H3,(H,35,39)/t23-/m1/s1. The van der Waals surface area contributed by atoms with Crippen molar-refractivity contribution < 1.29 is 9.59 Å². The van der Waals surface area contributed by atoms with E-state index in [1.54, 1.807) is 23.2 Å². The van der Waals surface area contributed by atoms with E-state index in [4.69, 9.17) is 0 Å². The Labute approximate surface area is 229 Å². The maximum atomic E-state index is 13.0. The van der Waals surface area contributed by atoms with Gasteiger partial charge in [-0.3, -0.25) is 19.2 Å². The highest BCUT2D eigenvalue weighted by atomic mass is 16.1. The molecule has 1 fully saturated rings. The van der Waals surface area contributed by atoms with E-state index >= 15 is 0 Å². The van der Waals surface area contributed by atoms with Gasteiger partial charge in [-0.05, 0) is 73.2 Å². The van der Waals surface area contributed by atoms with Crippen LogP contribution in [0.4, 0.5) is 0 Å². The van der Waals surface area contributed by atoms with E-state index in [1.807, 2.05) is 36.4 Å². The number of carbonyl (C=O) groups is 2. The average Bonchev–Trinajstić information content (AvgIpc) is 3.62. The van der Waals surface area contributed by atoms with Crippen molar-refractivity contribution in [3.05, 3.63) is 118 Å². The number of piperidine rings is 1. The number of rotatable bonds is 7. The van der Waals surface area contributed by atoms with Crippen molar-refractivity contribution >= 4 is 17.8 Å². The molecule has 0 bridgehead atoms. The first-order valence-electron chi connectivity index (χ1n) is 13.9. The highest BCUT2D eigenvalue weighted by Crippen LogP contribution is 2.33. The Bertz CT molecular complexity index is 1490. The second-order valence-corrected chi connectivity index (χ2v) is 10.8. The van der Waals surface area contributed by atoms with Gasteiger partial charge in [0.2, 0.25) is 0 Å². The van der Waals surface area contributed by atoms with Gasteiger partial charge in [0.05, 0.1) is 17.8 Å². The molecule has 2 heterocycles. The minimum atomic E-state index is -0.233. The van der Waals surface area contributed by atoms with Crippen LogP contribution in [0.3, 0.4) is 0 Å². The number of benzene rings is 2.